The fraction of sp³-hybridized carbons (Fsp3) is 0.217. The quantitative estimate of drug-likeness (QED) is 0.572. The predicted octanol–water partition coefficient (Wildman–Crippen LogP) is 3.59. The molecule has 9 nitrogen and oxygen atoms in total. The topological polar surface area (TPSA) is 123 Å². The maximum Gasteiger partial charge on any atom is 0.327 e. The lowest BCUT2D eigenvalue weighted by Crippen LogP contribution is -2.36. The highest BCUT2D eigenvalue weighted by Crippen LogP contribution is 2.43. The lowest BCUT2D eigenvalue weighted by molar-refractivity contribution is 0.482. The van der Waals surface area contributed by atoms with E-state index in [9.17, 15) is 13.7 Å². The molecule has 0 radical (unpaired) electrons. The number of rotatable bonds is 5. The number of pyridine rings is 2. The summed E-state index contributed by atoms with van der Waals surface area (Å²) in [5.74, 6) is 1.59. The minimum absolute atomic E-state index is 0.224. The third-order valence-corrected chi connectivity index (χ3v) is 7.40. The van der Waals surface area contributed by atoms with Crippen LogP contribution in [0.25, 0.3) is 11.3 Å². The van der Waals surface area contributed by atoms with E-state index in [2.05, 4.69) is 16.0 Å². The SMILES string of the molecule is CN1c2nc(-c3cc(Oc4ccnc(C#N)c4)ccc3C#N)ccc2N(CC2CC2)S1(=O)=O. The number of hydrogen-bond acceptors (Lipinski definition) is 7. The van der Waals surface area contributed by atoms with Gasteiger partial charge in [-0.05, 0) is 55.2 Å². The van der Waals surface area contributed by atoms with E-state index in [4.69, 9.17) is 10.00 Å². The summed E-state index contributed by atoms with van der Waals surface area (Å²) in [7, 11) is -2.18. The normalized spacial score (nSPS) is 16.1. The van der Waals surface area contributed by atoms with Crippen molar-refractivity contribution in [2.45, 2.75) is 12.8 Å². The zero-order valence-electron chi connectivity index (χ0n) is 17.6. The Morgan fingerprint density at radius 1 is 1.09 bits per heavy atom. The van der Waals surface area contributed by atoms with E-state index in [1.165, 1.54) is 27.9 Å². The molecule has 2 aromatic heterocycles. The average Bonchev–Trinajstić information content (AvgIpc) is 3.63. The second kappa shape index (κ2) is 7.76. The van der Waals surface area contributed by atoms with Crippen LogP contribution in [0, 0.1) is 28.6 Å². The predicted molar refractivity (Wildman–Crippen MR) is 121 cm³/mol. The van der Waals surface area contributed by atoms with Crippen molar-refractivity contribution >= 4 is 21.7 Å². The van der Waals surface area contributed by atoms with E-state index in [0.717, 1.165) is 12.8 Å². The highest BCUT2D eigenvalue weighted by atomic mass is 32.2. The molecule has 2 aliphatic rings. The number of benzene rings is 1. The molecule has 1 saturated carbocycles. The third kappa shape index (κ3) is 3.71. The van der Waals surface area contributed by atoms with Crippen molar-refractivity contribution < 1.29 is 13.2 Å². The van der Waals surface area contributed by atoms with Gasteiger partial charge in [-0.3, -0.25) is 0 Å². The lowest BCUT2D eigenvalue weighted by Gasteiger charge is -2.18. The monoisotopic (exact) mass is 458 g/mol. The summed E-state index contributed by atoms with van der Waals surface area (Å²) in [5.41, 5.74) is 2.11. The molecule has 3 heterocycles. The maximum atomic E-state index is 12.9. The fourth-order valence-electron chi connectivity index (χ4n) is 3.69. The fourth-order valence-corrected chi connectivity index (χ4v) is 5.13. The van der Waals surface area contributed by atoms with Gasteiger partial charge in [0.05, 0.1) is 23.0 Å². The van der Waals surface area contributed by atoms with Gasteiger partial charge in [-0.1, -0.05) is 0 Å². The Morgan fingerprint density at radius 3 is 2.61 bits per heavy atom. The van der Waals surface area contributed by atoms with E-state index in [1.807, 2.05) is 6.07 Å². The van der Waals surface area contributed by atoms with Crippen molar-refractivity contribution in [2.24, 2.45) is 5.92 Å². The zero-order valence-corrected chi connectivity index (χ0v) is 18.5. The number of anilines is 2. The van der Waals surface area contributed by atoms with Crippen LogP contribution in [0.4, 0.5) is 11.5 Å². The average molecular weight is 459 g/mol. The summed E-state index contributed by atoms with van der Waals surface area (Å²) in [5, 5.41) is 18.7. The Kier molecular flexibility index (Phi) is 4.88. The summed E-state index contributed by atoms with van der Waals surface area (Å²) in [6.07, 6.45) is 3.54. The van der Waals surface area contributed by atoms with Crippen molar-refractivity contribution in [3.63, 3.8) is 0 Å². The zero-order chi connectivity index (χ0) is 23.2. The highest BCUT2D eigenvalue weighted by molar-refractivity contribution is 7.94. The summed E-state index contributed by atoms with van der Waals surface area (Å²) >= 11 is 0. The summed E-state index contributed by atoms with van der Waals surface area (Å²) in [6.45, 7) is 0.449. The van der Waals surface area contributed by atoms with Gasteiger partial charge in [-0.2, -0.15) is 18.9 Å². The molecule has 0 unspecified atom stereocenters. The Balaban J connectivity index is 1.53. The molecule has 0 bridgehead atoms. The molecule has 0 atom stereocenters. The van der Waals surface area contributed by atoms with Crippen LogP contribution in [0.5, 0.6) is 11.5 Å². The molecular weight excluding hydrogens is 440 g/mol. The number of ether oxygens (including phenoxy) is 1. The van der Waals surface area contributed by atoms with Crippen molar-refractivity contribution in [1.82, 2.24) is 9.97 Å². The molecule has 5 rings (SSSR count). The van der Waals surface area contributed by atoms with Crippen LogP contribution in [0.1, 0.15) is 24.1 Å². The van der Waals surface area contributed by atoms with Crippen LogP contribution in [0.2, 0.25) is 0 Å². The molecule has 1 fully saturated rings. The second-order valence-corrected chi connectivity index (χ2v) is 9.78. The van der Waals surface area contributed by atoms with E-state index in [0.29, 0.717) is 52.3 Å². The van der Waals surface area contributed by atoms with E-state index < -0.39 is 10.2 Å². The van der Waals surface area contributed by atoms with Gasteiger partial charge < -0.3 is 4.74 Å². The first-order valence-electron chi connectivity index (χ1n) is 10.3. The first kappa shape index (κ1) is 20.7. The Bertz CT molecular complexity index is 1450. The Labute approximate surface area is 191 Å². The van der Waals surface area contributed by atoms with Crippen LogP contribution < -0.4 is 13.3 Å². The molecule has 1 aromatic carbocycles. The van der Waals surface area contributed by atoms with Gasteiger partial charge in [0.1, 0.15) is 23.3 Å². The molecule has 0 N–H and O–H groups in total. The Hall–Kier alpha value is -4.15. The minimum Gasteiger partial charge on any atom is -0.457 e. The summed E-state index contributed by atoms with van der Waals surface area (Å²) in [6, 6.07) is 15.6. The van der Waals surface area contributed by atoms with E-state index in [-0.39, 0.29) is 5.69 Å². The number of fused-ring (bicyclic) bond motifs is 1. The highest BCUT2D eigenvalue weighted by Gasteiger charge is 2.42. The maximum absolute atomic E-state index is 12.9. The van der Waals surface area contributed by atoms with Crippen molar-refractivity contribution in [3.05, 3.63) is 59.9 Å². The summed E-state index contributed by atoms with van der Waals surface area (Å²) in [4.78, 5) is 8.53. The van der Waals surface area contributed by atoms with Gasteiger partial charge in [0, 0.05) is 31.4 Å². The van der Waals surface area contributed by atoms with Gasteiger partial charge >= 0.3 is 10.2 Å². The van der Waals surface area contributed by atoms with Crippen LogP contribution in [0.15, 0.2) is 48.7 Å². The molecule has 10 heteroatoms. The molecule has 33 heavy (non-hydrogen) atoms. The second-order valence-electron chi connectivity index (χ2n) is 7.90. The molecule has 3 aromatic rings. The van der Waals surface area contributed by atoms with Crippen LogP contribution in [0.3, 0.4) is 0 Å². The van der Waals surface area contributed by atoms with Gasteiger partial charge in [0.2, 0.25) is 0 Å². The Morgan fingerprint density at radius 2 is 1.88 bits per heavy atom. The largest absolute Gasteiger partial charge is 0.457 e. The van der Waals surface area contributed by atoms with E-state index >= 15 is 0 Å². The molecular formula is C23H18N6O3S. The molecule has 1 aliphatic carbocycles. The van der Waals surface area contributed by atoms with Crippen molar-refractivity contribution in [1.29, 1.82) is 10.5 Å². The van der Waals surface area contributed by atoms with Crippen LogP contribution in [-0.2, 0) is 10.2 Å². The standard InChI is InChI=1S/C23H18N6O3S/c1-28-23-22(29(33(28,30)31)14-15-2-3-15)7-6-21(27-23)20-11-18(5-4-16(20)12-24)32-19-8-9-26-17(10-19)13-25/h4-11,15H,2-3,14H2,1H3. The number of nitriles is 2. The van der Waals surface area contributed by atoms with Gasteiger partial charge in [0.15, 0.2) is 5.82 Å². The molecule has 1 aliphatic heterocycles. The minimum atomic E-state index is -3.67. The van der Waals surface area contributed by atoms with E-state index in [1.54, 1.807) is 36.4 Å². The molecule has 0 amide bonds. The first-order valence-corrected chi connectivity index (χ1v) is 11.7. The van der Waals surface area contributed by atoms with Gasteiger partial charge in [0.25, 0.3) is 0 Å². The summed E-state index contributed by atoms with van der Waals surface area (Å²) < 4.78 is 34.3. The van der Waals surface area contributed by atoms with Crippen LogP contribution >= 0.6 is 0 Å². The van der Waals surface area contributed by atoms with Gasteiger partial charge in [-0.25, -0.2) is 18.6 Å². The molecule has 0 spiro atoms. The molecule has 164 valence electrons. The number of nitrogens with zero attached hydrogens (tertiary/aromatic N) is 6. The van der Waals surface area contributed by atoms with Gasteiger partial charge in [-0.15, -0.1) is 0 Å². The third-order valence-electron chi connectivity index (χ3n) is 5.64. The van der Waals surface area contributed by atoms with Crippen molar-refractivity contribution in [3.8, 4) is 34.9 Å². The number of aromatic nitrogens is 2. The van der Waals surface area contributed by atoms with Crippen molar-refractivity contribution in [2.75, 3.05) is 22.2 Å². The number of hydrogen-bond donors (Lipinski definition) is 0. The first-order chi connectivity index (χ1) is 15.9. The smallest absolute Gasteiger partial charge is 0.327 e. The lowest BCUT2D eigenvalue weighted by atomic mass is 10.0. The molecule has 0 saturated heterocycles. The van der Waals surface area contributed by atoms with Crippen LogP contribution in [-0.4, -0.2) is 32.0 Å².